The van der Waals surface area contributed by atoms with E-state index >= 15 is 0 Å². The average Bonchev–Trinajstić information content (AvgIpc) is 3.30. The van der Waals surface area contributed by atoms with Crippen LogP contribution in [-0.2, 0) is 0 Å². The Morgan fingerprint density at radius 3 is 2.00 bits per heavy atom. The highest BCUT2D eigenvalue weighted by Gasteiger charge is 2.06. The molecule has 0 aromatic carbocycles. The van der Waals surface area contributed by atoms with Crippen molar-refractivity contribution in [3.8, 4) is 0 Å². The van der Waals surface area contributed by atoms with Crippen LogP contribution in [0.4, 0.5) is 26.3 Å². The van der Waals surface area contributed by atoms with E-state index < -0.39 is 23.8 Å². The van der Waals surface area contributed by atoms with Crippen LogP contribution in [0.15, 0.2) is 62.8 Å². The average molecular weight is 499 g/mol. The van der Waals surface area contributed by atoms with Crippen LogP contribution in [0.25, 0.3) is 0 Å². The van der Waals surface area contributed by atoms with Crippen molar-refractivity contribution in [3.05, 3.63) is 53.6 Å². The fraction of sp³-hybridized carbons (Fsp3) is 0.286. The molecule has 0 unspecified atom stereocenters. The van der Waals surface area contributed by atoms with Gasteiger partial charge in [0.05, 0.1) is 6.20 Å². The minimum atomic E-state index is -2.26. The van der Waals surface area contributed by atoms with Crippen LogP contribution >= 0.6 is 39.9 Å². The predicted octanol–water partition coefficient (Wildman–Crippen LogP) is 7.42. The maximum absolute atomic E-state index is 12.2. The summed E-state index contributed by atoms with van der Waals surface area (Å²) in [6.45, 7) is 0. The van der Waals surface area contributed by atoms with Gasteiger partial charge in [-0.2, -0.15) is 17.6 Å². The first-order valence-corrected chi connectivity index (χ1v) is 9.39. The van der Waals surface area contributed by atoms with Gasteiger partial charge in [-0.15, -0.1) is 0 Å². The predicted molar refractivity (Wildman–Crippen MR) is 94.8 cm³/mol. The number of nitrogens with one attached hydrogen (secondary N) is 1. The zero-order valence-corrected chi connectivity index (χ0v) is 16.6. The van der Waals surface area contributed by atoms with Gasteiger partial charge >= 0.3 is 12.2 Å². The Hall–Kier alpha value is -1.47. The Morgan fingerprint density at radius 1 is 1.04 bits per heavy atom. The number of alkyl halides is 1. The normalized spacial score (nSPS) is 9.44. The molecule has 0 atom stereocenters. The van der Waals surface area contributed by atoms with E-state index in [1.807, 2.05) is 0 Å². The number of hydrogen-bond acceptors (Lipinski definition) is 5. The molecule has 0 aliphatic rings. The van der Waals surface area contributed by atoms with Gasteiger partial charge in [-0.1, -0.05) is 27.7 Å². The number of aromatic nitrogens is 2. The summed E-state index contributed by atoms with van der Waals surface area (Å²) in [7, 11) is 0. The fourth-order valence-corrected chi connectivity index (χ4v) is 2.20. The highest BCUT2D eigenvalue weighted by Crippen LogP contribution is 2.20. The summed E-state index contributed by atoms with van der Waals surface area (Å²) in [6.07, 6.45) is 0.925. The molecule has 0 aliphatic heterocycles. The van der Waals surface area contributed by atoms with Crippen molar-refractivity contribution in [2.24, 2.45) is 0 Å². The number of nitrogens with zero attached hydrogens (tertiary/aromatic N) is 1. The molecule has 0 amide bonds. The summed E-state index contributed by atoms with van der Waals surface area (Å²) in [5.41, 5.74) is 0. The van der Waals surface area contributed by atoms with Crippen molar-refractivity contribution in [1.29, 1.82) is 0 Å². The molecule has 0 spiro atoms. The van der Waals surface area contributed by atoms with Gasteiger partial charge in [-0.3, -0.25) is 0 Å². The Labute approximate surface area is 167 Å². The third kappa shape index (κ3) is 14.3. The smallest absolute Gasteiger partial charge is 0.301 e. The molecular formula is C14H13BrF6N2O2S2. The number of oxazole rings is 2. The van der Waals surface area contributed by atoms with E-state index in [0.29, 0.717) is 10.1 Å². The molecule has 0 bridgehead atoms. The topological polar surface area (TPSA) is 55.0 Å². The lowest BCUT2D eigenvalue weighted by Crippen LogP contribution is -1.82. The Balaban J connectivity index is 0.000000412. The minimum Gasteiger partial charge on any atom is -0.440 e. The molecule has 0 saturated carbocycles. The van der Waals surface area contributed by atoms with E-state index in [1.165, 1.54) is 18.7 Å². The molecule has 152 valence electrons. The highest BCUT2D eigenvalue weighted by molar-refractivity contribution is 9.09. The molecule has 1 N–H and O–H groups in total. The first kappa shape index (κ1) is 25.5. The van der Waals surface area contributed by atoms with Gasteiger partial charge in [0.25, 0.3) is 10.1 Å². The van der Waals surface area contributed by atoms with Gasteiger partial charge in [-0.05, 0) is 12.2 Å². The summed E-state index contributed by atoms with van der Waals surface area (Å²) in [5, 5.41) is 0.586. The lowest BCUT2D eigenvalue weighted by atomic mass is 10.4. The molecule has 0 fully saturated rings. The van der Waals surface area contributed by atoms with Gasteiger partial charge < -0.3 is 13.8 Å². The molecule has 2 aromatic rings. The van der Waals surface area contributed by atoms with Crippen molar-refractivity contribution in [1.82, 2.24) is 9.97 Å². The molecule has 27 heavy (non-hydrogen) atoms. The lowest BCUT2D eigenvalue weighted by Gasteiger charge is -1.93. The van der Waals surface area contributed by atoms with Crippen LogP contribution in [0.5, 0.6) is 0 Å². The second kappa shape index (κ2) is 15.6. The summed E-state index contributed by atoms with van der Waals surface area (Å²) in [4.78, 5) is 6.80. The van der Waals surface area contributed by atoms with E-state index in [2.05, 4.69) is 42.5 Å². The van der Waals surface area contributed by atoms with Crippen molar-refractivity contribution in [2.75, 3.05) is 11.1 Å². The van der Waals surface area contributed by atoms with Crippen LogP contribution in [-0.4, -0.2) is 21.1 Å². The minimum absolute atomic E-state index is 0.184. The largest absolute Gasteiger partial charge is 0.440 e. The summed E-state index contributed by atoms with van der Waals surface area (Å²) in [5.74, 6) is -2.52. The van der Waals surface area contributed by atoms with Crippen molar-refractivity contribution in [2.45, 2.75) is 18.1 Å². The molecule has 2 rings (SSSR count). The van der Waals surface area contributed by atoms with E-state index in [9.17, 15) is 26.3 Å². The second-order valence-corrected chi connectivity index (χ2v) is 6.23. The second-order valence-electron chi connectivity index (χ2n) is 4.02. The third-order valence-corrected chi connectivity index (χ3v) is 3.59. The fourth-order valence-electron chi connectivity index (χ4n) is 1.01. The van der Waals surface area contributed by atoms with Gasteiger partial charge in [0.15, 0.2) is 11.7 Å². The standard InChI is InChI=1S/C7H6F3NOS.C4H4BrF3.C3H3NOS/c8-5(6(9)10)1-4-13-7-11-2-3-12-7;5-2-1-3(6)4(7)8;6-3-4-1-2-5-3/h2-3H,1,4H2;1-2H2;1-2H,(H,4,6). The molecule has 2 heterocycles. The molecule has 0 saturated heterocycles. The van der Waals surface area contributed by atoms with Crippen molar-refractivity contribution in [3.63, 3.8) is 0 Å². The molecule has 2 aromatic heterocycles. The Kier molecular flexibility index (Phi) is 14.7. The zero-order chi connectivity index (χ0) is 20.7. The quantitative estimate of drug-likeness (QED) is 0.194. The van der Waals surface area contributed by atoms with Crippen molar-refractivity contribution < 1.29 is 35.2 Å². The number of aromatic amines is 1. The first-order chi connectivity index (χ1) is 12.8. The van der Waals surface area contributed by atoms with Gasteiger partial charge in [0, 0.05) is 30.1 Å². The molecule has 0 aliphatic carbocycles. The Bertz CT molecular complexity index is 724. The monoisotopic (exact) mass is 498 g/mol. The lowest BCUT2D eigenvalue weighted by molar-refractivity contribution is 0.373. The molecular weight excluding hydrogens is 486 g/mol. The maximum atomic E-state index is 12.2. The SMILES string of the molecule is FC(F)=C(F)CCBr.FC(F)=C(F)CCSc1ncco1.S=c1[nH]cco1. The number of allylic oxidation sites excluding steroid dienone is 2. The number of hydrogen-bond donors (Lipinski definition) is 1. The number of H-pyrrole nitrogens is 1. The zero-order valence-electron chi connectivity index (χ0n) is 13.4. The number of rotatable bonds is 6. The van der Waals surface area contributed by atoms with E-state index in [1.54, 1.807) is 6.20 Å². The maximum Gasteiger partial charge on any atom is 0.301 e. The first-order valence-electron chi connectivity index (χ1n) is 6.87. The van der Waals surface area contributed by atoms with Gasteiger partial charge in [0.2, 0.25) is 0 Å². The van der Waals surface area contributed by atoms with Crippen LogP contribution in [0, 0.1) is 4.84 Å². The van der Waals surface area contributed by atoms with Gasteiger partial charge in [0.1, 0.15) is 12.5 Å². The molecule has 4 nitrogen and oxygen atoms in total. The third-order valence-electron chi connectivity index (χ3n) is 2.13. The summed E-state index contributed by atoms with van der Waals surface area (Å²) in [6, 6.07) is 0. The number of thioether (sulfide) groups is 1. The van der Waals surface area contributed by atoms with E-state index in [4.69, 9.17) is 4.42 Å². The molecule has 13 heteroatoms. The van der Waals surface area contributed by atoms with Crippen molar-refractivity contribution >= 4 is 39.9 Å². The summed E-state index contributed by atoms with van der Waals surface area (Å²) < 4.78 is 78.5. The van der Waals surface area contributed by atoms with Crippen LogP contribution in [0.3, 0.4) is 0 Å². The van der Waals surface area contributed by atoms with Crippen LogP contribution in [0.2, 0.25) is 0 Å². The van der Waals surface area contributed by atoms with Crippen LogP contribution in [0.1, 0.15) is 12.8 Å². The van der Waals surface area contributed by atoms with E-state index in [0.717, 1.165) is 11.8 Å². The summed E-state index contributed by atoms with van der Waals surface area (Å²) >= 11 is 8.42. The Morgan fingerprint density at radius 2 is 1.67 bits per heavy atom. The van der Waals surface area contributed by atoms with E-state index in [-0.39, 0.29) is 23.9 Å². The van der Waals surface area contributed by atoms with Gasteiger partial charge in [-0.25, -0.2) is 13.8 Å². The number of halogens is 7. The highest BCUT2D eigenvalue weighted by atomic mass is 79.9. The van der Waals surface area contributed by atoms with Crippen LogP contribution < -0.4 is 0 Å². The molecule has 0 radical (unpaired) electrons.